The molecule has 2 fully saturated rings. The first-order chi connectivity index (χ1) is 15.0. The average molecular weight is 460 g/mol. The topological polar surface area (TPSA) is 64.4 Å². The molecule has 0 spiro atoms. The summed E-state index contributed by atoms with van der Waals surface area (Å²) in [4.78, 5) is 2.94. The number of rotatable bonds is 4. The third-order valence-corrected chi connectivity index (χ3v) is 7.55. The average Bonchev–Trinajstić information content (AvgIpc) is 3.29. The fraction of sp³-hybridized carbons (Fsp3) is 0.348. The maximum absolute atomic E-state index is 12.5. The van der Waals surface area contributed by atoms with Gasteiger partial charge in [0.2, 0.25) is 9.84 Å². The van der Waals surface area contributed by atoms with Gasteiger partial charge in [0.15, 0.2) is 0 Å². The number of nitrogens with zero attached hydrogens (tertiary/aromatic N) is 3. The Balaban J connectivity index is 0.000000192. The lowest BCUT2D eigenvalue weighted by molar-refractivity contribution is -0.148. The Labute approximate surface area is 188 Å². The van der Waals surface area contributed by atoms with E-state index < -0.39 is 9.84 Å². The number of benzene rings is 2. The van der Waals surface area contributed by atoms with Crippen LogP contribution in [0, 0.1) is 0 Å². The first kappa shape index (κ1) is 22.0. The summed E-state index contributed by atoms with van der Waals surface area (Å²) < 4.78 is 32.0. The van der Waals surface area contributed by atoms with Crippen LogP contribution in [-0.4, -0.2) is 49.0 Å². The number of hydrogen-bond acceptors (Lipinski definition) is 5. The van der Waals surface area contributed by atoms with Crippen LogP contribution in [0.25, 0.3) is 5.69 Å². The van der Waals surface area contributed by atoms with Crippen molar-refractivity contribution in [2.24, 2.45) is 0 Å². The molecule has 31 heavy (non-hydrogen) atoms. The normalized spacial score (nSPS) is 19.2. The maximum atomic E-state index is 12.5. The molecule has 0 aliphatic carbocycles. The van der Waals surface area contributed by atoms with Crippen LogP contribution in [0.4, 0.5) is 0 Å². The molecule has 0 N–H and O–H groups in total. The van der Waals surface area contributed by atoms with Crippen LogP contribution in [-0.2, 0) is 14.6 Å². The molecule has 0 saturated carbocycles. The molecule has 2 aliphatic heterocycles. The smallest absolute Gasteiger partial charge is 0.206 e. The third-order valence-electron chi connectivity index (χ3n) is 5.51. The van der Waals surface area contributed by atoms with Gasteiger partial charge in [-0.1, -0.05) is 18.0 Å². The van der Waals surface area contributed by atoms with E-state index in [-0.39, 0.29) is 9.79 Å². The number of aromatic nitrogens is 2. The van der Waals surface area contributed by atoms with Gasteiger partial charge >= 0.3 is 0 Å². The molecule has 0 bridgehead atoms. The summed E-state index contributed by atoms with van der Waals surface area (Å²) in [5.41, 5.74) is 0.801. The molecule has 5 rings (SSSR count). The molecule has 0 radical (unpaired) electrons. The van der Waals surface area contributed by atoms with Gasteiger partial charge in [0.1, 0.15) is 6.23 Å². The molecule has 1 atom stereocenters. The molecule has 8 heteroatoms. The minimum Gasteiger partial charge on any atom is -0.363 e. The number of halogens is 1. The lowest BCUT2D eigenvalue weighted by Crippen LogP contribution is -2.46. The Morgan fingerprint density at radius 3 is 2.06 bits per heavy atom. The minimum atomic E-state index is -3.53. The molecule has 3 aromatic rings. The van der Waals surface area contributed by atoms with Gasteiger partial charge in [-0.3, -0.25) is 4.90 Å². The SMILES string of the molecule is C1CCN(C2CCO2)CC1.O=S(=O)(c1ccc(Cl)cc1)c1ccc(-n2cccn2)cc1. The van der Waals surface area contributed by atoms with Crippen LogP contribution < -0.4 is 0 Å². The van der Waals surface area contributed by atoms with E-state index in [9.17, 15) is 8.42 Å². The molecule has 0 amide bonds. The van der Waals surface area contributed by atoms with Crippen LogP contribution in [0.3, 0.4) is 0 Å². The summed E-state index contributed by atoms with van der Waals surface area (Å²) in [5, 5.41) is 4.60. The van der Waals surface area contributed by atoms with Crippen LogP contribution in [0.15, 0.2) is 76.8 Å². The van der Waals surface area contributed by atoms with Crippen LogP contribution in [0.5, 0.6) is 0 Å². The van der Waals surface area contributed by atoms with E-state index in [4.69, 9.17) is 16.3 Å². The molecule has 164 valence electrons. The van der Waals surface area contributed by atoms with Gasteiger partial charge in [-0.25, -0.2) is 13.1 Å². The standard InChI is InChI=1S/C15H11ClN2O2S.C8H15NO/c16-12-2-6-14(7-3-12)21(19,20)15-8-4-13(5-9-15)18-11-1-10-17-18;1-2-5-9(6-3-1)8-4-7-10-8/h1-11H;8H,1-7H2. The molecule has 2 aromatic carbocycles. The number of piperidine rings is 1. The molecule has 6 nitrogen and oxygen atoms in total. The summed E-state index contributed by atoms with van der Waals surface area (Å²) in [6.45, 7) is 3.52. The molecular formula is C23H26ClN3O3S. The Hall–Kier alpha value is -2.19. The zero-order chi connectivity index (χ0) is 21.7. The molecule has 1 unspecified atom stereocenters. The van der Waals surface area contributed by atoms with Crippen molar-refractivity contribution in [3.8, 4) is 5.69 Å². The predicted molar refractivity (Wildman–Crippen MR) is 120 cm³/mol. The molecule has 2 aliphatic rings. The van der Waals surface area contributed by atoms with E-state index in [1.165, 1.54) is 50.9 Å². The summed E-state index contributed by atoms with van der Waals surface area (Å²) in [6.07, 6.45) is 9.39. The van der Waals surface area contributed by atoms with Crippen LogP contribution in [0.1, 0.15) is 25.7 Å². The van der Waals surface area contributed by atoms with Gasteiger partial charge in [0.25, 0.3) is 0 Å². The van der Waals surface area contributed by atoms with Crippen molar-refractivity contribution >= 4 is 21.4 Å². The quantitative estimate of drug-likeness (QED) is 0.571. The number of hydrogen-bond donors (Lipinski definition) is 0. The van der Waals surface area contributed by atoms with E-state index in [2.05, 4.69) is 10.00 Å². The second kappa shape index (κ2) is 9.96. The van der Waals surface area contributed by atoms with Gasteiger partial charge in [-0.15, -0.1) is 0 Å². The predicted octanol–water partition coefficient (Wildman–Crippen LogP) is 4.58. The highest BCUT2D eigenvalue weighted by molar-refractivity contribution is 7.91. The molecule has 3 heterocycles. The van der Waals surface area contributed by atoms with Crippen molar-refractivity contribution in [2.75, 3.05) is 19.7 Å². The van der Waals surface area contributed by atoms with Gasteiger partial charge in [-0.2, -0.15) is 5.10 Å². The lowest BCUT2D eigenvalue weighted by Gasteiger charge is -2.39. The van der Waals surface area contributed by atoms with Crippen molar-refractivity contribution in [1.82, 2.24) is 14.7 Å². The largest absolute Gasteiger partial charge is 0.363 e. The highest BCUT2D eigenvalue weighted by Gasteiger charge is 2.26. The van der Waals surface area contributed by atoms with Crippen molar-refractivity contribution in [3.05, 3.63) is 72.0 Å². The van der Waals surface area contributed by atoms with Gasteiger partial charge < -0.3 is 4.74 Å². The molecule has 2 saturated heterocycles. The Bertz CT molecular complexity index is 1060. The van der Waals surface area contributed by atoms with Crippen molar-refractivity contribution in [1.29, 1.82) is 0 Å². The van der Waals surface area contributed by atoms with Crippen LogP contribution >= 0.6 is 11.6 Å². The van der Waals surface area contributed by atoms with Gasteiger partial charge in [0, 0.05) is 36.9 Å². The van der Waals surface area contributed by atoms with E-state index in [0.717, 1.165) is 12.3 Å². The molecule has 1 aromatic heterocycles. The van der Waals surface area contributed by atoms with E-state index >= 15 is 0 Å². The minimum absolute atomic E-state index is 0.221. The molecular weight excluding hydrogens is 434 g/mol. The highest BCUT2D eigenvalue weighted by atomic mass is 35.5. The monoisotopic (exact) mass is 459 g/mol. The van der Waals surface area contributed by atoms with Crippen LogP contribution in [0.2, 0.25) is 5.02 Å². The Morgan fingerprint density at radius 1 is 0.935 bits per heavy atom. The zero-order valence-corrected chi connectivity index (χ0v) is 18.8. The number of sulfone groups is 1. The van der Waals surface area contributed by atoms with E-state index in [1.807, 2.05) is 0 Å². The first-order valence-corrected chi connectivity index (χ1v) is 12.4. The second-order valence-corrected chi connectivity index (χ2v) is 10.00. The fourth-order valence-electron chi connectivity index (χ4n) is 3.67. The van der Waals surface area contributed by atoms with E-state index in [0.29, 0.717) is 11.3 Å². The maximum Gasteiger partial charge on any atom is 0.206 e. The summed E-state index contributed by atoms with van der Waals surface area (Å²) >= 11 is 5.78. The third kappa shape index (κ3) is 5.36. The zero-order valence-electron chi connectivity index (χ0n) is 17.2. The summed E-state index contributed by atoms with van der Waals surface area (Å²) in [5.74, 6) is 0. The second-order valence-electron chi connectivity index (χ2n) is 7.61. The Kier molecular flexibility index (Phi) is 7.07. The van der Waals surface area contributed by atoms with Gasteiger partial charge in [0.05, 0.1) is 22.1 Å². The number of ether oxygens (including phenoxy) is 1. The highest BCUT2D eigenvalue weighted by Crippen LogP contribution is 2.23. The summed E-state index contributed by atoms with van der Waals surface area (Å²) in [7, 11) is -3.53. The van der Waals surface area contributed by atoms with Crippen molar-refractivity contribution in [3.63, 3.8) is 0 Å². The number of likely N-dealkylation sites (tertiary alicyclic amines) is 1. The van der Waals surface area contributed by atoms with E-state index in [1.54, 1.807) is 59.5 Å². The lowest BCUT2D eigenvalue weighted by atomic mass is 10.1. The van der Waals surface area contributed by atoms with Crippen molar-refractivity contribution in [2.45, 2.75) is 41.7 Å². The summed E-state index contributed by atoms with van der Waals surface area (Å²) in [6, 6.07) is 14.5. The fourth-order valence-corrected chi connectivity index (χ4v) is 5.05. The van der Waals surface area contributed by atoms with Crippen molar-refractivity contribution < 1.29 is 13.2 Å². The van der Waals surface area contributed by atoms with Gasteiger partial charge in [-0.05, 0) is 67.4 Å². The first-order valence-electron chi connectivity index (χ1n) is 10.5. The Morgan fingerprint density at radius 2 is 1.55 bits per heavy atom.